The van der Waals surface area contributed by atoms with Crippen LogP contribution in [-0.2, 0) is 42.7 Å². The minimum absolute atomic E-state index is 0. The molecule has 4 nitrogen and oxygen atoms in total. The van der Waals surface area contributed by atoms with Gasteiger partial charge in [-0.05, 0) is 97.6 Å². The van der Waals surface area contributed by atoms with E-state index in [1.807, 2.05) is 6.20 Å². The molecule has 0 bridgehead atoms. The molecule has 0 fully saturated rings. The second-order valence-electron chi connectivity index (χ2n) is 20.1. The zero-order valence-electron chi connectivity index (χ0n) is 37.1. The van der Waals surface area contributed by atoms with E-state index >= 15 is 0 Å². The van der Waals surface area contributed by atoms with Crippen LogP contribution >= 0.6 is 11.8 Å². The van der Waals surface area contributed by atoms with Crippen molar-refractivity contribution in [1.82, 2.24) is 9.55 Å². The van der Waals surface area contributed by atoms with Gasteiger partial charge >= 0.3 is 0 Å². The molecule has 8 rings (SSSR count). The molecule has 6 heteroatoms. The van der Waals surface area contributed by atoms with Crippen LogP contribution in [0.15, 0.2) is 132 Å². The number of anilines is 2. The molecule has 0 saturated carbocycles. The molecular formula is C54H57N4PtS-3. The third-order valence-electron chi connectivity index (χ3n) is 11.4. The smallest absolute Gasteiger partial charge is 0.136 e. The number of fused-ring (bicyclic) bond motifs is 3. The van der Waals surface area contributed by atoms with E-state index in [1.54, 1.807) is 11.8 Å². The molecule has 312 valence electrons. The Morgan fingerprint density at radius 3 is 1.80 bits per heavy atom. The summed E-state index contributed by atoms with van der Waals surface area (Å²) >= 11 is 1.71. The van der Waals surface area contributed by atoms with Gasteiger partial charge in [0.15, 0.2) is 0 Å². The van der Waals surface area contributed by atoms with Crippen LogP contribution in [0.2, 0.25) is 0 Å². The van der Waals surface area contributed by atoms with Gasteiger partial charge in [0.2, 0.25) is 0 Å². The van der Waals surface area contributed by atoms with Crippen molar-refractivity contribution in [2.45, 2.75) is 115 Å². The van der Waals surface area contributed by atoms with Gasteiger partial charge in [-0.2, -0.15) is 18.2 Å². The zero-order chi connectivity index (χ0) is 42.1. The molecule has 1 aliphatic rings. The van der Waals surface area contributed by atoms with Gasteiger partial charge in [0.1, 0.15) is 5.82 Å². The molecule has 0 unspecified atom stereocenters. The number of hydrogen-bond donors (Lipinski definition) is 0. The van der Waals surface area contributed by atoms with E-state index in [1.165, 1.54) is 38.9 Å². The first-order valence-corrected chi connectivity index (χ1v) is 21.6. The zero-order valence-corrected chi connectivity index (χ0v) is 40.2. The molecule has 0 amide bonds. The third kappa shape index (κ3) is 8.90. The molecule has 0 aliphatic carbocycles. The molecular weight excluding hydrogens is 932 g/mol. The number of rotatable bonds is 6. The van der Waals surface area contributed by atoms with Crippen LogP contribution in [-0.4, -0.2) is 9.55 Å². The molecule has 0 saturated heterocycles. The Bertz CT molecular complexity index is 2680. The van der Waals surface area contributed by atoms with Gasteiger partial charge in [0.25, 0.3) is 0 Å². The van der Waals surface area contributed by atoms with E-state index in [-0.39, 0.29) is 42.7 Å². The second-order valence-corrected chi connectivity index (χ2v) is 21.2. The first kappa shape index (κ1) is 43.5. The van der Waals surface area contributed by atoms with Crippen LogP contribution in [0.1, 0.15) is 105 Å². The van der Waals surface area contributed by atoms with Crippen LogP contribution in [0.3, 0.4) is 0 Å². The van der Waals surface area contributed by atoms with Crippen molar-refractivity contribution in [2.75, 3.05) is 9.80 Å². The Balaban J connectivity index is 0.00000544. The summed E-state index contributed by atoms with van der Waals surface area (Å²) in [5.41, 5.74) is 12.0. The summed E-state index contributed by atoms with van der Waals surface area (Å²) in [7, 11) is 0. The molecule has 0 radical (unpaired) electrons. The fraction of sp³-hybridized carbons (Fsp3) is 0.296. The van der Waals surface area contributed by atoms with Crippen molar-refractivity contribution in [1.29, 1.82) is 0 Å². The topological polar surface area (TPSA) is 24.3 Å². The number of para-hydroxylation sites is 1. The monoisotopic (exact) mass is 988 g/mol. The molecule has 5 aromatic carbocycles. The van der Waals surface area contributed by atoms with Crippen LogP contribution in [0.25, 0.3) is 38.8 Å². The van der Waals surface area contributed by atoms with E-state index in [9.17, 15) is 0 Å². The quantitative estimate of drug-likeness (QED) is 0.155. The van der Waals surface area contributed by atoms with Crippen molar-refractivity contribution in [2.24, 2.45) is 0 Å². The van der Waals surface area contributed by atoms with Gasteiger partial charge in [-0.3, -0.25) is 0 Å². The predicted octanol–water partition coefficient (Wildman–Crippen LogP) is 14.7. The summed E-state index contributed by atoms with van der Waals surface area (Å²) in [6.45, 7) is 29.5. The molecule has 7 aromatic rings. The molecule has 0 spiro atoms. The van der Waals surface area contributed by atoms with Crippen molar-refractivity contribution >= 4 is 44.9 Å². The standard InChI is InChI=1S/C54H57N4S.Pt/c1-51(2,3)38-19-17-36(18-20-38)37-23-24-55-50(27-37)58-48-16-14-13-15-46(48)47-22-21-44(34-49(47)58)59-45-32-41(54(10,11)12)31-43(33-45)57-26-25-56(35-57)42-29-39(52(4,5)6)28-40(30-42)53(7,8)9;/h13-32,35H,1-12H3;/q-3;. The molecule has 2 aromatic heterocycles. The Morgan fingerprint density at radius 1 is 0.533 bits per heavy atom. The van der Waals surface area contributed by atoms with E-state index in [0.29, 0.717) is 0 Å². The van der Waals surface area contributed by atoms with Crippen molar-refractivity contribution in [3.05, 3.63) is 163 Å². The normalized spacial score (nSPS) is 13.7. The fourth-order valence-corrected chi connectivity index (χ4v) is 8.47. The van der Waals surface area contributed by atoms with E-state index in [0.717, 1.165) is 43.3 Å². The Hall–Kier alpha value is -4.57. The van der Waals surface area contributed by atoms with Gasteiger partial charge in [0, 0.05) is 38.5 Å². The number of hydrogen-bond acceptors (Lipinski definition) is 4. The molecule has 0 atom stereocenters. The summed E-state index contributed by atoms with van der Waals surface area (Å²) in [6, 6.07) is 45.5. The summed E-state index contributed by atoms with van der Waals surface area (Å²) in [6.07, 6.45) is 6.22. The first-order valence-electron chi connectivity index (χ1n) is 20.8. The average Bonchev–Trinajstić information content (AvgIpc) is 3.80. The summed E-state index contributed by atoms with van der Waals surface area (Å²) < 4.78 is 2.26. The van der Waals surface area contributed by atoms with Crippen LogP contribution in [0.4, 0.5) is 11.4 Å². The maximum atomic E-state index is 4.94. The maximum Gasteiger partial charge on any atom is 0.136 e. The van der Waals surface area contributed by atoms with Gasteiger partial charge in [-0.25, -0.2) is 4.98 Å². The Kier molecular flexibility index (Phi) is 11.6. The van der Waals surface area contributed by atoms with Crippen molar-refractivity contribution in [3.8, 4) is 16.9 Å². The largest absolute Gasteiger partial charge is 0.500 e. The minimum atomic E-state index is -0.0607. The van der Waals surface area contributed by atoms with Gasteiger partial charge in [-0.15, -0.1) is 63.1 Å². The SMILES string of the molecule is CC(C)(C)c1ccc(-c2ccnc(-n3c4[c-]c(Sc5[c-]c(N6C=CN(c7cc(C(C)(C)C)cc(C(C)(C)C)c7)[CH-]6)cc(C(C)(C)C)c5)ccc4c4ccccc43)c2)cc1.[Pt]. The number of benzene rings is 5. The van der Waals surface area contributed by atoms with E-state index in [2.05, 4.69) is 232 Å². The van der Waals surface area contributed by atoms with Crippen molar-refractivity contribution in [3.63, 3.8) is 0 Å². The first-order chi connectivity index (χ1) is 27.7. The maximum absolute atomic E-state index is 4.94. The molecule has 60 heavy (non-hydrogen) atoms. The third-order valence-corrected chi connectivity index (χ3v) is 12.3. The molecule has 1 aliphatic heterocycles. The van der Waals surface area contributed by atoms with Gasteiger partial charge in [-0.1, -0.05) is 137 Å². The van der Waals surface area contributed by atoms with Gasteiger partial charge in [0.05, 0.1) is 0 Å². The van der Waals surface area contributed by atoms with Crippen LogP contribution in [0.5, 0.6) is 0 Å². The number of nitrogens with zero attached hydrogens (tertiary/aromatic N) is 4. The van der Waals surface area contributed by atoms with Crippen LogP contribution in [0, 0.1) is 18.8 Å². The minimum Gasteiger partial charge on any atom is -0.500 e. The average molecular weight is 989 g/mol. The van der Waals surface area contributed by atoms with Crippen molar-refractivity contribution < 1.29 is 21.1 Å². The predicted molar refractivity (Wildman–Crippen MR) is 252 cm³/mol. The van der Waals surface area contributed by atoms with Crippen LogP contribution < -0.4 is 9.80 Å². The number of aromatic nitrogens is 2. The number of pyridine rings is 1. The molecule has 0 N–H and O–H groups in total. The van der Waals surface area contributed by atoms with E-state index < -0.39 is 0 Å². The van der Waals surface area contributed by atoms with Gasteiger partial charge < -0.3 is 14.4 Å². The summed E-state index contributed by atoms with van der Waals surface area (Å²) in [5, 5.41) is 2.34. The molecule has 3 heterocycles. The summed E-state index contributed by atoms with van der Waals surface area (Å²) in [5.74, 6) is 0.874. The summed E-state index contributed by atoms with van der Waals surface area (Å²) in [4.78, 5) is 11.5. The second kappa shape index (κ2) is 16.0. The van der Waals surface area contributed by atoms with E-state index in [4.69, 9.17) is 4.98 Å². The Morgan fingerprint density at radius 2 is 1.15 bits per heavy atom. The fourth-order valence-electron chi connectivity index (χ4n) is 7.60. The Labute approximate surface area is 377 Å².